The minimum atomic E-state index is -0.0803. The van der Waals surface area contributed by atoms with Crippen molar-refractivity contribution in [3.05, 3.63) is 45.7 Å². The number of aromatic nitrogens is 3. The summed E-state index contributed by atoms with van der Waals surface area (Å²) in [6.07, 6.45) is 7.59. The Bertz CT molecular complexity index is 703. The number of anilines is 1. The molecule has 1 aliphatic heterocycles. The van der Waals surface area contributed by atoms with Crippen LogP contribution in [0.5, 0.6) is 5.75 Å². The molecule has 0 bridgehead atoms. The third-order valence-corrected chi connectivity index (χ3v) is 4.07. The van der Waals surface area contributed by atoms with E-state index < -0.39 is 0 Å². The second-order valence-corrected chi connectivity index (χ2v) is 5.80. The SMILES string of the molecule is Cn1ccnc(N2CCC(Oc3ccncc3Br)C2)c1=O. The van der Waals surface area contributed by atoms with E-state index in [4.69, 9.17) is 4.74 Å². The zero-order valence-electron chi connectivity index (χ0n) is 11.6. The van der Waals surface area contributed by atoms with Gasteiger partial charge in [-0.25, -0.2) is 4.98 Å². The highest BCUT2D eigenvalue weighted by Crippen LogP contribution is 2.26. The highest BCUT2D eigenvalue weighted by Gasteiger charge is 2.27. The smallest absolute Gasteiger partial charge is 0.293 e. The van der Waals surface area contributed by atoms with Crippen LogP contribution in [0.2, 0.25) is 0 Å². The van der Waals surface area contributed by atoms with Gasteiger partial charge in [0.2, 0.25) is 0 Å². The van der Waals surface area contributed by atoms with Crippen LogP contribution in [0.3, 0.4) is 0 Å². The summed E-state index contributed by atoms with van der Waals surface area (Å²) in [6, 6.07) is 1.83. The summed E-state index contributed by atoms with van der Waals surface area (Å²) in [5, 5.41) is 0. The van der Waals surface area contributed by atoms with Crippen molar-refractivity contribution in [2.45, 2.75) is 12.5 Å². The normalized spacial score (nSPS) is 18.0. The first-order chi connectivity index (χ1) is 10.1. The van der Waals surface area contributed by atoms with Crippen LogP contribution in [0, 0.1) is 0 Å². The van der Waals surface area contributed by atoms with Crippen LogP contribution in [0.15, 0.2) is 40.1 Å². The average Bonchev–Trinajstić information content (AvgIpc) is 2.93. The second-order valence-electron chi connectivity index (χ2n) is 4.95. The van der Waals surface area contributed by atoms with E-state index in [1.54, 1.807) is 31.8 Å². The second kappa shape index (κ2) is 5.85. The number of rotatable bonds is 3. The van der Waals surface area contributed by atoms with Crippen LogP contribution in [-0.2, 0) is 7.05 Å². The van der Waals surface area contributed by atoms with Gasteiger partial charge in [0.1, 0.15) is 11.9 Å². The van der Waals surface area contributed by atoms with Gasteiger partial charge in [0, 0.05) is 44.8 Å². The largest absolute Gasteiger partial charge is 0.487 e. The Morgan fingerprint density at radius 1 is 1.43 bits per heavy atom. The average molecular weight is 351 g/mol. The van der Waals surface area contributed by atoms with Gasteiger partial charge in [-0.3, -0.25) is 9.78 Å². The van der Waals surface area contributed by atoms with Gasteiger partial charge in [-0.05, 0) is 22.0 Å². The predicted molar refractivity (Wildman–Crippen MR) is 82.7 cm³/mol. The predicted octanol–water partition coefficient (Wildman–Crippen LogP) is 1.60. The summed E-state index contributed by atoms with van der Waals surface area (Å²) in [4.78, 5) is 22.3. The van der Waals surface area contributed by atoms with Gasteiger partial charge < -0.3 is 14.2 Å². The molecule has 110 valence electrons. The fourth-order valence-corrected chi connectivity index (χ4v) is 2.70. The van der Waals surface area contributed by atoms with Crippen molar-refractivity contribution in [2.24, 2.45) is 7.05 Å². The van der Waals surface area contributed by atoms with Crippen molar-refractivity contribution in [3.63, 3.8) is 0 Å². The number of aryl methyl sites for hydroxylation is 1. The van der Waals surface area contributed by atoms with Crippen LogP contribution >= 0.6 is 15.9 Å². The van der Waals surface area contributed by atoms with Crippen molar-refractivity contribution in [2.75, 3.05) is 18.0 Å². The summed E-state index contributed by atoms with van der Waals surface area (Å²) >= 11 is 3.42. The molecule has 1 aliphatic rings. The first-order valence-corrected chi connectivity index (χ1v) is 7.47. The van der Waals surface area contributed by atoms with Crippen LogP contribution in [-0.4, -0.2) is 33.7 Å². The number of ether oxygens (including phenoxy) is 1. The topological polar surface area (TPSA) is 60.3 Å². The van der Waals surface area contributed by atoms with E-state index in [-0.39, 0.29) is 11.7 Å². The third-order valence-electron chi connectivity index (χ3n) is 3.47. The molecule has 1 saturated heterocycles. The fourth-order valence-electron chi connectivity index (χ4n) is 2.36. The van der Waals surface area contributed by atoms with E-state index in [0.29, 0.717) is 12.4 Å². The molecule has 0 spiro atoms. The molecule has 2 aromatic heterocycles. The van der Waals surface area contributed by atoms with E-state index in [1.807, 2.05) is 11.0 Å². The number of pyridine rings is 1. The summed E-state index contributed by atoms with van der Waals surface area (Å²) in [5.74, 6) is 1.26. The molecule has 3 heterocycles. The molecule has 0 radical (unpaired) electrons. The Morgan fingerprint density at radius 3 is 3.10 bits per heavy atom. The molecule has 0 aromatic carbocycles. The van der Waals surface area contributed by atoms with Gasteiger partial charge >= 0.3 is 0 Å². The van der Waals surface area contributed by atoms with Gasteiger partial charge in [0.15, 0.2) is 5.82 Å². The van der Waals surface area contributed by atoms with Gasteiger partial charge in [-0.15, -0.1) is 0 Å². The molecule has 0 N–H and O–H groups in total. The molecule has 2 aromatic rings. The Kier molecular flexibility index (Phi) is 3.92. The van der Waals surface area contributed by atoms with Crippen LogP contribution in [0.1, 0.15) is 6.42 Å². The van der Waals surface area contributed by atoms with Crippen molar-refractivity contribution in [3.8, 4) is 5.75 Å². The van der Waals surface area contributed by atoms with Crippen molar-refractivity contribution >= 4 is 21.7 Å². The van der Waals surface area contributed by atoms with E-state index in [1.165, 1.54) is 4.57 Å². The zero-order chi connectivity index (χ0) is 14.8. The lowest BCUT2D eigenvalue weighted by Crippen LogP contribution is -2.32. The number of hydrogen-bond acceptors (Lipinski definition) is 5. The zero-order valence-corrected chi connectivity index (χ0v) is 13.2. The van der Waals surface area contributed by atoms with Gasteiger partial charge in [0.25, 0.3) is 5.56 Å². The van der Waals surface area contributed by atoms with Gasteiger partial charge in [0.05, 0.1) is 11.0 Å². The lowest BCUT2D eigenvalue weighted by atomic mass is 10.3. The highest BCUT2D eigenvalue weighted by atomic mass is 79.9. The molecule has 0 aliphatic carbocycles. The molecular weight excluding hydrogens is 336 g/mol. The van der Waals surface area contributed by atoms with E-state index >= 15 is 0 Å². The summed E-state index contributed by atoms with van der Waals surface area (Å²) in [7, 11) is 1.73. The Labute approximate surface area is 130 Å². The summed E-state index contributed by atoms with van der Waals surface area (Å²) in [5.41, 5.74) is -0.0803. The van der Waals surface area contributed by atoms with Crippen LogP contribution < -0.4 is 15.2 Å². The van der Waals surface area contributed by atoms with Crippen molar-refractivity contribution in [1.82, 2.24) is 14.5 Å². The molecule has 0 saturated carbocycles. The van der Waals surface area contributed by atoms with E-state index in [0.717, 1.165) is 23.2 Å². The van der Waals surface area contributed by atoms with Crippen molar-refractivity contribution in [1.29, 1.82) is 0 Å². The first-order valence-electron chi connectivity index (χ1n) is 6.68. The maximum atomic E-state index is 12.1. The minimum Gasteiger partial charge on any atom is -0.487 e. The molecule has 21 heavy (non-hydrogen) atoms. The Hall–Kier alpha value is -1.89. The van der Waals surface area contributed by atoms with E-state index in [9.17, 15) is 4.79 Å². The number of hydrogen-bond donors (Lipinski definition) is 0. The van der Waals surface area contributed by atoms with E-state index in [2.05, 4.69) is 25.9 Å². The molecule has 1 atom stereocenters. The molecular formula is C14H15BrN4O2. The lowest BCUT2D eigenvalue weighted by molar-refractivity contribution is 0.223. The standard InChI is InChI=1S/C14H15BrN4O2/c1-18-7-5-17-13(14(18)20)19-6-3-10(9-19)21-12-2-4-16-8-11(12)15/h2,4-5,7-8,10H,3,6,9H2,1H3. The molecule has 6 nitrogen and oxygen atoms in total. The Morgan fingerprint density at radius 2 is 2.29 bits per heavy atom. The summed E-state index contributed by atoms with van der Waals surface area (Å²) in [6.45, 7) is 1.42. The molecule has 3 rings (SSSR count). The summed E-state index contributed by atoms with van der Waals surface area (Å²) < 4.78 is 8.33. The lowest BCUT2D eigenvalue weighted by Gasteiger charge is -2.18. The molecule has 1 unspecified atom stereocenters. The maximum absolute atomic E-state index is 12.1. The molecule has 0 amide bonds. The first kappa shape index (κ1) is 14.1. The third kappa shape index (κ3) is 2.92. The maximum Gasteiger partial charge on any atom is 0.293 e. The molecule has 1 fully saturated rings. The quantitative estimate of drug-likeness (QED) is 0.841. The highest BCUT2D eigenvalue weighted by molar-refractivity contribution is 9.10. The Balaban J connectivity index is 1.73. The van der Waals surface area contributed by atoms with Crippen molar-refractivity contribution < 1.29 is 4.74 Å². The number of halogens is 1. The fraction of sp³-hybridized carbons (Fsp3) is 0.357. The van der Waals surface area contributed by atoms with Gasteiger partial charge in [-0.1, -0.05) is 0 Å². The van der Waals surface area contributed by atoms with Crippen LogP contribution in [0.25, 0.3) is 0 Å². The van der Waals surface area contributed by atoms with Gasteiger partial charge in [-0.2, -0.15) is 0 Å². The monoisotopic (exact) mass is 350 g/mol. The number of nitrogens with zero attached hydrogens (tertiary/aromatic N) is 4. The molecule has 7 heteroatoms. The minimum absolute atomic E-state index is 0.0374. The van der Waals surface area contributed by atoms with Crippen LogP contribution in [0.4, 0.5) is 5.82 Å².